The number of hydrogen-bond acceptors (Lipinski definition) is 4. The molecule has 0 unspecified atom stereocenters. The molecule has 1 amide bonds. The van der Waals surface area contributed by atoms with Crippen molar-refractivity contribution >= 4 is 17.6 Å². The first-order valence-electron chi connectivity index (χ1n) is 6.36. The highest BCUT2D eigenvalue weighted by atomic mass is 16.5. The predicted molar refractivity (Wildman–Crippen MR) is 74.0 cm³/mol. The largest absolute Gasteiger partial charge is 0.459 e. The van der Waals surface area contributed by atoms with Crippen LogP contribution in [0.25, 0.3) is 0 Å². The van der Waals surface area contributed by atoms with Gasteiger partial charge in [0.05, 0.1) is 6.61 Å². The molecule has 0 aliphatic rings. The summed E-state index contributed by atoms with van der Waals surface area (Å²) in [6, 6.07) is 9.98. The second kappa shape index (κ2) is 8.13. The van der Waals surface area contributed by atoms with Crippen molar-refractivity contribution in [2.75, 3.05) is 31.6 Å². The molecule has 0 bridgehead atoms. The molecule has 104 valence electrons. The van der Waals surface area contributed by atoms with E-state index in [1.807, 2.05) is 37.4 Å². The zero-order valence-corrected chi connectivity index (χ0v) is 11.4. The van der Waals surface area contributed by atoms with Crippen LogP contribution in [0.4, 0.5) is 5.69 Å². The average molecular weight is 264 g/mol. The van der Waals surface area contributed by atoms with Gasteiger partial charge in [-0.25, -0.2) is 4.79 Å². The van der Waals surface area contributed by atoms with Gasteiger partial charge in [-0.2, -0.15) is 0 Å². The third-order valence-electron chi connectivity index (χ3n) is 2.61. The zero-order valence-electron chi connectivity index (χ0n) is 11.4. The number of carbonyl (C=O) groups excluding carboxylic acids is 2. The maximum absolute atomic E-state index is 11.2. The predicted octanol–water partition coefficient (Wildman–Crippen LogP) is 1.19. The summed E-state index contributed by atoms with van der Waals surface area (Å²) in [5.74, 6) is -1.50. The van der Waals surface area contributed by atoms with Crippen LogP contribution in [0.15, 0.2) is 30.3 Å². The molecule has 0 spiro atoms. The van der Waals surface area contributed by atoms with Crippen molar-refractivity contribution in [2.45, 2.75) is 13.3 Å². The number of rotatable bonds is 6. The summed E-state index contributed by atoms with van der Waals surface area (Å²) in [5.41, 5.74) is 1.12. The van der Waals surface area contributed by atoms with Crippen LogP contribution in [0.1, 0.15) is 13.3 Å². The molecular formula is C14H20N2O3. The fraction of sp³-hybridized carbons (Fsp3) is 0.429. The molecule has 0 heterocycles. The molecule has 0 saturated heterocycles. The van der Waals surface area contributed by atoms with Crippen LogP contribution in [-0.4, -0.2) is 38.6 Å². The summed E-state index contributed by atoms with van der Waals surface area (Å²) in [5, 5.41) is 2.53. The SMILES string of the molecule is CCOC(=O)C(=O)NCCCN(C)c1ccccc1. The summed E-state index contributed by atoms with van der Waals surface area (Å²) in [6.45, 7) is 3.13. The molecule has 0 aliphatic heterocycles. The fourth-order valence-corrected chi connectivity index (χ4v) is 1.60. The first kappa shape index (κ1) is 15.0. The lowest BCUT2D eigenvalue weighted by Gasteiger charge is -2.19. The molecule has 19 heavy (non-hydrogen) atoms. The Morgan fingerprint density at radius 3 is 2.58 bits per heavy atom. The summed E-state index contributed by atoms with van der Waals surface area (Å²) >= 11 is 0. The molecule has 0 aromatic heterocycles. The first-order valence-corrected chi connectivity index (χ1v) is 6.36. The third kappa shape index (κ3) is 5.42. The minimum Gasteiger partial charge on any atom is -0.459 e. The van der Waals surface area contributed by atoms with E-state index in [-0.39, 0.29) is 6.61 Å². The Bertz CT molecular complexity index is 406. The van der Waals surface area contributed by atoms with Crippen molar-refractivity contribution in [3.8, 4) is 0 Å². The van der Waals surface area contributed by atoms with E-state index >= 15 is 0 Å². The number of nitrogens with one attached hydrogen (secondary N) is 1. The number of esters is 1. The topological polar surface area (TPSA) is 58.6 Å². The van der Waals surface area contributed by atoms with E-state index in [1.165, 1.54) is 0 Å². The van der Waals surface area contributed by atoms with Crippen molar-refractivity contribution in [2.24, 2.45) is 0 Å². The second-order valence-corrected chi connectivity index (χ2v) is 4.09. The molecule has 1 aromatic carbocycles. The smallest absolute Gasteiger partial charge is 0.396 e. The summed E-state index contributed by atoms with van der Waals surface area (Å²) < 4.78 is 4.59. The van der Waals surface area contributed by atoms with E-state index in [2.05, 4.69) is 15.0 Å². The van der Waals surface area contributed by atoms with E-state index < -0.39 is 11.9 Å². The minimum atomic E-state index is -0.820. The molecule has 0 radical (unpaired) electrons. The second-order valence-electron chi connectivity index (χ2n) is 4.09. The van der Waals surface area contributed by atoms with Gasteiger partial charge in [0, 0.05) is 25.8 Å². The van der Waals surface area contributed by atoms with Crippen molar-refractivity contribution in [1.82, 2.24) is 5.32 Å². The Morgan fingerprint density at radius 2 is 1.95 bits per heavy atom. The number of benzene rings is 1. The van der Waals surface area contributed by atoms with Gasteiger partial charge in [0.25, 0.3) is 0 Å². The van der Waals surface area contributed by atoms with Crippen LogP contribution >= 0.6 is 0 Å². The molecule has 0 aliphatic carbocycles. The van der Waals surface area contributed by atoms with Crippen molar-refractivity contribution < 1.29 is 14.3 Å². The number of para-hydroxylation sites is 1. The molecular weight excluding hydrogens is 244 g/mol. The van der Waals surface area contributed by atoms with Crippen LogP contribution in [0.3, 0.4) is 0 Å². The van der Waals surface area contributed by atoms with Crippen LogP contribution in [0.5, 0.6) is 0 Å². The molecule has 1 rings (SSSR count). The van der Waals surface area contributed by atoms with Crippen molar-refractivity contribution in [3.05, 3.63) is 30.3 Å². The summed E-state index contributed by atoms with van der Waals surface area (Å²) in [6.07, 6.45) is 0.760. The van der Waals surface area contributed by atoms with Gasteiger partial charge in [-0.15, -0.1) is 0 Å². The van der Waals surface area contributed by atoms with Gasteiger partial charge >= 0.3 is 11.9 Å². The van der Waals surface area contributed by atoms with Gasteiger partial charge in [-0.05, 0) is 25.5 Å². The quantitative estimate of drug-likeness (QED) is 0.476. The van der Waals surface area contributed by atoms with Gasteiger partial charge in [0.15, 0.2) is 0 Å². The molecule has 0 saturated carbocycles. The highest BCUT2D eigenvalue weighted by Gasteiger charge is 2.13. The standard InChI is InChI=1S/C14H20N2O3/c1-3-19-14(18)13(17)15-10-7-11-16(2)12-8-5-4-6-9-12/h4-6,8-9H,3,7,10-11H2,1-2H3,(H,15,17). The molecule has 5 nitrogen and oxygen atoms in total. The van der Waals surface area contributed by atoms with E-state index in [0.29, 0.717) is 6.54 Å². The van der Waals surface area contributed by atoms with Gasteiger partial charge in [0.2, 0.25) is 0 Å². The lowest BCUT2D eigenvalue weighted by molar-refractivity contribution is -0.154. The molecule has 0 fully saturated rings. The number of hydrogen-bond donors (Lipinski definition) is 1. The van der Waals surface area contributed by atoms with Crippen LogP contribution in [0, 0.1) is 0 Å². The van der Waals surface area contributed by atoms with Gasteiger partial charge in [0.1, 0.15) is 0 Å². The monoisotopic (exact) mass is 264 g/mol. The Hall–Kier alpha value is -2.04. The zero-order chi connectivity index (χ0) is 14.1. The lowest BCUT2D eigenvalue weighted by atomic mass is 10.3. The normalized spacial score (nSPS) is 9.79. The fourth-order valence-electron chi connectivity index (χ4n) is 1.60. The number of ether oxygens (including phenoxy) is 1. The number of amides is 1. The molecule has 1 aromatic rings. The highest BCUT2D eigenvalue weighted by molar-refractivity contribution is 6.32. The van der Waals surface area contributed by atoms with Crippen LogP contribution in [0.2, 0.25) is 0 Å². The maximum atomic E-state index is 11.2. The van der Waals surface area contributed by atoms with E-state index in [1.54, 1.807) is 6.92 Å². The van der Waals surface area contributed by atoms with Gasteiger partial charge < -0.3 is 15.0 Å². The Labute approximate surface area is 113 Å². The van der Waals surface area contributed by atoms with Gasteiger partial charge in [-0.1, -0.05) is 18.2 Å². The Morgan fingerprint density at radius 1 is 1.26 bits per heavy atom. The third-order valence-corrected chi connectivity index (χ3v) is 2.61. The molecule has 5 heteroatoms. The summed E-state index contributed by atoms with van der Waals surface area (Å²) in [7, 11) is 1.99. The maximum Gasteiger partial charge on any atom is 0.396 e. The van der Waals surface area contributed by atoms with Crippen molar-refractivity contribution in [3.63, 3.8) is 0 Å². The highest BCUT2D eigenvalue weighted by Crippen LogP contribution is 2.10. The molecule has 0 atom stereocenters. The van der Waals surface area contributed by atoms with E-state index in [4.69, 9.17) is 0 Å². The first-order chi connectivity index (χ1) is 9.15. The van der Waals surface area contributed by atoms with Crippen LogP contribution < -0.4 is 10.2 Å². The number of anilines is 1. The Balaban J connectivity index is 2.21. The van der Waals surface area contributed by atoms with E-state index in [0.717, 1.165) is 18.7 Å². The minimum absolute atomic E-state index is 0.211. The lowest BCUT2D eigenvalue weighted by Crippen LogP contribution is -2.34. The van der Waals surface area contributed by atoms with E-state index in [9.17, 15) is 9.59 Å². The average Bonchev–Trinajstić information content (AvgIpc) is 2.44. The number of nitrogens with zero attached hydrogens (tertiary/aromatic N) is 1. The molecule has 1 N–H and O–H groups in total. The Kier molecular flexibility index (Phi) is 6.43. The van der Waals surface area contributed by atoms with Crippen molar-refractivity contribution in [1.29, 1.82) is 0 Å². The van der Waals surface area contributed by atoms with Gasteiger partial charge in [-0.3, -0.25) is 4.79 Å². The number of carbonyl (C=O) groups is 2. The summed E-state index contributed by atoms with van der Waals surface area (Å²) in [4.78, 5) is 24.4. The van der Waals surface area contributed by atoms with Crippen LogP contribution in [-0.2, 0) is 14.3 Å².